The molecule has 5 rings (SSSR count). The second-order valence-electron chi connectivity index (χ2n) is 8.08. The van der Waals surface area contributed by atoms with Crippen molar-refractivity contribution in [3.63, 3.8) is 0 Å². The quantitative estimate of drug-likeness (QED) is 0.600. The first-order valence-corrected chi connectivity index (χ1v) is 10.2. The number of carbonyl (C=O) groups is 2. The SMILES string of the molecule is CC(Oc1ccc2c(c1)OC(=O)C21CN(C[C@H]2CCCO2)c2ccccc21)C(=O)O. The molecular formula is C23H23NO6. The number of anilines is 1. The monoisotopic (exact) mass is 409 g/mol. The molecule has 1 fully saturated rings. The van der Waals surface area contributed by atoms with Crippen LogP contribution in [0, 0.1) is 0 Å². The van der Waals surface area contributed by atoms with Gasteiger partial charge in [0, 0.05) is 37.0 Å². The molecule has 1 spiro atoms. The zero-order valence-electron chi connectivity index (χ0n) is 16.7. The molecule has 1 saturated heterocycles. The first-order chi connectivity index (χ1) is 14.5. The van der Waals surface area contributed by atoms with Gasteiger partial charge in [0.1, 0.15) is 16.9 Å². The summed E-state index contributed by atoms with van der Waals surface area (Å²) in [7, 11) is 0. The molecule has 3 heterocycles. The summed E-state index contributed by atoms with van der Waals surface area (Å²) in [5, 5.41) is 9.08. The van der Waals surface area contributed by atoms with Crippen molar-refractivity contribution in [2.24, 2.45) is 0 Å². The second kappa shape index (κ2) is 7.02. The molecule has 2 unspecified atom stereocenters. The molecule has 3 atom stereocenters. The fourth-order valence-corrected chi connectivity index (χ4v) is 4.73. The van der Waals surface area contributed by atoms with Crippen LogP contribution in [-0.4, -0.2) is 48.9 Å². The predicted octanol–water partition coefficient (Wildman–Crippen LogP) is 2.74. The van der Waals surface area contributed by atoms with Crippen LogP contribution in [0.5, 0.6) is 11.5 Å². The van der Waals surface area contributed by atoms with Crippen molar-refractivity contribution in [1.82, 2.24) is 0 Å². The van der Waals surface area contributed by atoms with Crippen LogP contribution in [0.4, 0.5) is 5.69 Å². The Morgan fingerprint density at radius 1 is 1.30 bits per heavy atom. The van der Waals surface area contributed by atoms with Crippen LogP contribution in [0.15, 0.2) is 42.5 Å². The zero-order valence-corrected chi connectivity index (χ0v) is 16.7. The molecular weight excluding hydrogens is 386 g/mol. The maximum Gasteiger partial charge on any atom is 0.344 e. The average molecular weight is 409 g/mol. The summed E-state index contributed by atoms with van der Waals surface area (Å²) in [5.41, 5.74) is 1.84. The van der Waals surface area contributed by atoms with Crippen LogP contribution in [0.25, 0.3) is 0 Å². The van der Waals surface area contributed by atoms with E-state index in [4.69, 9.17) is 19.3 Å². The maximum absolute atomic E-state index is 13.2. The Labute approximate surface area is 174 Å². The molecule has 0 aromatic heterocycles. The third-order valence-corrected chi connectivity index (χ3v) is 6.21. The number of benzene rings is 2. The van der Waals surface area contributed by atoms with Crippen molar-refractivity contribution in [1.29, 1.82) is 0 Å². The van der Waals surface area contributed by atoms with Crippen molar-refractivity contribution in [2.75, 3.05) is 24.6 Å². The van der Waals surface area contributed by atoms with Crippen LogP contribution in [0.2, 0.25) is 0 Å². The number of ether oxygens (including phenoxy) is 3. The van der Waals surface area contributed by atoms with Crippen molar-refractivity contribution in [2.45, 2.75) is 37.4 Å². The molecule has 0 saturated carbocycles. The summed E-state index contributed by atoms with van der Waals surface area (Å²) in [6, 6.07) is 13.1. The topological polar surface area (TPSA) is 85.3 Å². The largest absolute Gasteiger partial charge is 0.479 e. The highest BCUT2D eigenvalue weighted by Gasteiger charge is 2.56. The van der Waals surface area contributed by atoms with Crippen molar-refractivity contribution >= 4 is 17.6 Å². The van der Waals surface area contributed by atoms with E-state index in [1.54, 1.807) is 12.1 Å². The Hall–Kier alpha value is -3.06. The number of esters is 1. The Kier molecular flexibility index (Phi) is 4.43. The molecule has 156 valence electrons. The van der Waals surface area contributed by atoms with Gasteiger partial charge >= 0.3 is 11.9 Å². The summed E-state index contributed by atoms with van der Waals surface area (Å²) >= 11 is 0. The minimum atomic E-state index is -1.06. The number of hydrogen-bond donors (Lipinski definition) is 1. The average Bonchev–Trinajstić information content (AvgIpc) is 3.42. The van der Waals surface area contributed by atoms with E-state index in [0.717, 1.165) is 42.8 Å². The molecule has 7 nitrogen and oxygen atoms in total. The van der Waals surface area contributed by atoms with Gasteiger partial charge in [0.25, 0.3) is 0 Å². The van der Waals surface area contributed by atoms with Gasteiger partial charge in [0.15, 0.2) is 6.10 Å². The minimum Gasteiger partial charge on any atom is -0.479 e. The molecule has 30 heavy (non-hydrogen) atoms. The van der Waals surface area contributed by atoms with E-state index in [1.165, 1.54) is 6.92 Å². The first kappa shape index (κ1) is 18.9. The fraction of sp³-hybridized carbons (Fsp3) is 0.391. The van der Waals surface area contributed by atoms with Crippen LogP contribution in [-0.2, 0) is 19.7 Å². The van der Waals surface area contributed by atoms with E-state index < -0.39 is 17.5 Å². The summed E-state index contributed by atoms with van der Waals surface area (Å²) in [5.74, 6) is -0.596. The van der Waals surface area contributed by atoms with E-state index in [1.807, 2.05) is 30.3 Å². The van der Waals surface area contributed by atoms with Gasteiger partial charge in [-0.1, -0.05) is 24.3 Å². The standard InChI is InChI=1S/C23H23NO6/c1-14(21(25)26)29-15-8-9-18-20(11-15)30-22(27)23(18)13-24(12-16-5-4-10-28-16)19-7-3-2-6-17(19)23/h2-3,6-9,11,14,16H,4-5,10,12-13H2,1H3,(H,25,26)/t14?,16-,23?/m1/s1. The third kappa shape index (κ3) is 2.84. The fourth-order valence-electron chi connectivity index (χ4n) is 4.73. The summed E-state index contributed by atoms with van der Waals surface area (Å²) in [4.78, 5) is 26.5. The lowest BCUT2D eigenvalue weighted by Crippen LogP contribution is -2.42. The van der Waals surface area contributed by atoms with E-state index in [2.05, 4.69) is 4.90 Å². The van der Waals surface area contributed by atoms with Gasteiger partial charge in [-0.25, -0.2) is 4.79 Å². The molecule has 0 radical (unpaired) electrons. The smallest absolute Gasteiger partial charge is 0.344 e. The lowest BCUT2D eigenvalue weighted by atomic mass is 9.77. The van der Waals surface area contributed by atoms with Crippen LogP contribution >= 0.6 is 0 Å². The molecule has 3 aliphatic heterocycles. The molecule has 0 amide bonds. The highest BCUT2D eigenvalue weighted by Crippen LogP contribution is 2.52. The molecule has 0 aliphatic carbocycles. The number of aliphatic carboxylic acids is 1. The number of nitrogens with zero attached hydrogens (tertiary/aromatic N) is 1. The lowest BCUT2D eigenvalue weighted by Gasteiger charge is -2.25. The lowest BCUT2D eigenvalue weighted by molar-refractivity contribution is -0.144. The molecule has 2 aromatic rings. The van der Waals surface area contributed by atoms with Gasteiger partial charge in [-0.3, -0.25) is 4.79 Å². The van der Waals surface area contributed by atoms with E-state index >= 15 is 0 Å². The number of carbonyl (C=O) groups excluding carboxylic acids is 1. The Bertz CT molecular complexity index is 1010. The van der Waals surface area contributed by atoms with Gasteiger partial charge in [0.05, 0.1) is 6.10 Å². The highest BCUT2D eigenvalue weighted by molar-refractivity contribution is 5.99. The maximum atomic E-state index is 13.2. The van der Waals surface area contributed by atoms with E-state index in [9.17, 15) is 9.59 Å². The summed E-state index contributed by atoms with van der Waals surface area (Å²) in [6.45, 7) is 3.47. The van der Waals surface area contributed by atoms with Gasteiger partial charge in [-0.15, -0.1) is 0 Å². The minimum absolute atomic E-state index is 0.165. The Morgan fingerprint density at radius 3 is 2.90 bits per heavy atom. The molecule has 2 aromatic carbocycles. The van der Waals surface area contributed by atoms with Crippen LogP contribution in [0.3, 0.4) is 0 Å². The van der Waals surface area contributed by atoms with Crippen molar-refractivity contribution < 1.29 is 28.9 Å². The summed E-state index contributed by atoms with van der Waals surface area (Å²) in [6.07, 6.45) is 1.25. The first-order valence-electron chi connectivity index (χ1n) is 10.2. The van der Waals surface area contributed by atoms with E-state index in [0.29, 0.717) is 18.0 Å². The number of carboxylic acids is 1. The number of para-hydroxylation sites is 1. The Morgan fingerprint density at radius 2 is 2.13 bits per heavy atom. The molecule has 0 bridgehead atoms. The molecule has 7 heteroatoms. The van der Waals surface area contributed by atoms with Crippen molar-refractivity contribution in [3.05, 3.63) is 53.6 Å². The van der Waals surface area contributed by atoms with E-state index in [-0.39, 0.29) is 12.1 Å². The highest BCUT2D eigenvalue weighted by atomic mass is 16.5. The number of carboxylic acid groups (broad SMARTS) is 1. The van der Waals surface area contributed by atoms with Crippen LogP contribution in [0.1, 0.15) is 30.9 Å². The predicted molar refractivity (Wildman–Crippen MR) is 108 cm³/mol. The normalized spacial score (nSPS) is 25.2. The van der Waals surface area contributed by atoms with Gasteiger partial charge < -0.3 is 24.2 Å². The van der Waals surface area contributed by atoms with Gasteiger partial charge in [-0.05, 0) is 37.5 Å². The van der Waals surface area contributed by atoms with Gasteiger partial charge in [0.2, 0.25) is 0 Å². The van der Waals surface area contributed by atoms with Crippen molar-refractivity contribution in [3.8, 4) is 11.5 Å². The third-order valence-electron chi connectivity index (χ3n) is 6.21. The number of hydrogen-bond acceptors (Lipinski definition) is 6. The number of fused-ring (bicyclic) bond motifs is 4. The number of rotatable bonds is 5. The second-order valence-corrected chi connectivity index (χ2v) is 8.08. The van der Waals surface area contributed by atoms with Gasteiger partial charge in [-0.2, -0.15) is 0 Å². The molecule has 1 N–H and O–H groups in total. The van der Waals surface area contributed by atoms with Crippen LogP contribution < -0.4 is 14.4 Å². The Balaban J connectivity index is 1.52. The zero-order chi connectivity index (χ0) is 20.9. The summed E-state index contributed by atoms with van der Waals surface area (Å²) < 4.78 is 17.0. The molecule has 3 aliphatic rings.